The van der Waals surface area contributed by atoms with Crippen LogP contribution in [0.25, 0.3) is 0 Å². The van der Waals surface area contributed by atoms with Crippen LogP contribution in [-0.2, 0) is 4.79 Å². The Bertz CT molecular complexity index is 638. The van der Waals surface area contributed by atoms with Crippen LogP contribution >= 0.6 is 0 Å². The molecule has 1 aliphatic rings. The lowest BCUT2D eigenvalue weighted by molar-refractivity contribution is -0.385. The zero-order valence-corrected chi connectivity index (χ0v) is 11.0. The summed E-state index contributed by atoms with van der Waals surface area (Å²) in [6.07, 6.45) is 0.177. The molecule has 0 radical (unpaired) electrons. The quantitative estimate of drug-likeness (QED) is 0.472. The van der Waals surface area contributed by atoms with Gasteiger partial charge in [0.25, 0.3) is 17.5 Å². The number of hydrogen-bond acceptors (Lipinski definition) is 5. The van der Waals surface area contributed by atoms with Crippen molar-refractivity contribution in [3.63, 3.8) is 0 Å². The van der Waals surface area contributed by atoms with E-state index in [0.717, 1.165) is 4.90 Å². The van der Waals surface area contributed by atoms with Crippen molar-refractivity contribution in [2.24, 2.45) is 0 Å². The SMILES string of the molecule is CCC(=O)C(C)N1C(=O)c2cccc([N+](=O)[O-])c2C1=O. The van der Waals surface area contributed by atoms with E-state index in [4.69, 9.17) is 0 Å². The van der Waals surface area contributed by atoms with Crippen LogP contribution in [0.4, 0.5) is 5.69 Å². The van der Waals surface area contributed by atoms with Crippen molar-refractivity contribution in [1.82, 2.24) is 4.90 Å². The van der Waals surface area contributed by atoms with E-state index in [1.807, 2.05) is 0 Å². The summed E-state index contributed by atoms with van der Waals surface area (Å²) >= 11 is 0. The molecule has 0 N–H and O–H groups in total. The Morgan fingerprint density at radius 3 is 2.55 bits per heavy atom. The molecular weight excluding hydrogens is 264 g/mol. The third-order valence-electron chi connectivity index (χ3n) is 3.32. The van der Waals surface area contributed by atoms with Crippen molar-refractivity contribution in [1.29, 1.82) is 0 Å². The molecule has 0 aromatic heterocycles. The summed E-state index contributed by atoms with van der Waals surface area (Å²) in [4.78, 5) is 47.1. The third kappa shape index (κ3) is 1.87. The van der Waals surface area contributed by atoms with Crippen LogP contribution in [-0.4, -0.2) is 33.5 Å². The van der Waals surface area contributed by atoms with Gasteiger partial charge in [-0.3, -0.25) is 29.4 Å². The highest BCUT2D eigenvalue weighted by molar-refractivity contribution is 6.24. The number of nitro benzene ring substituents is 1. The molecule has 1 heterocycles. The minimum Gasteiger partial charge on any atom is -0.297 e. The van der Waals surface area contributed by atoms with Crippen molar-refractivity contribution in [2.45, 2.75) is 26.3 Å². The molecule has 20 heavy (non-hydrogen) atoms. The number of imide groups is 1. The first-order valence-electron chi connectivity index (χ1n) is 6.08. The molecule has 2 amide bonds. The molecule has 1 aliphatic heterocycles. The van der Waals surface area contributed by atoms with Crippen LogP contribution in [0.15, 0.2) is 18.2 Å². The molecule has 7 heteroatoms. The van der Waals surface area contributed by atoms with E-state index in [2.05, 4.69) is 0 Å². The van der Waals surface area contributed by atoms with Gasteiger partial charge in [-0.1, -0.05) is 13.0 Å². The van der Waals surface area contributed by atoms with Gasteiger partial charge in [0, 0.05) is 12.5 Å². The minimum absolute atomic E-state index is 0.0278. The van der Waals surface area contributed by atoms with Gasteiger partial charge in [-0.15, -0.1) is 0 Å². The van der Waals surface area contributed by atoms with Crippen LogP contribution in [0.1, 0.15) is 41.0 Å². The molecule has 1 aromatic carbocycles. The van der Waals surface area contributed by atoms with Gasteiger partial charge in [0.1, 0.15) is 5.56 Å². The highest BCUT2D eigenvalue weighted by Crippen LogP contribution is 2.32. The van der Waals surface area contributed by atoms with Crippen LogP contribution in [0, 0.1) is 10.1 Å². The molecule has 104 valence electrons. The topological polar surface area (TPSA) is 97.6 Å². The van der Waals surface area contributed by atoms with Gasteiger partial charge in [0.05, 0.1) is 16.5 Å². The molecule has 0 aliphatic carbocycles. The Labute approximate surface area is 114 Å². The summed E-state index contributed by atoms with van der Waals surface area (Å²) < 4.78 is 0. The highest BCUT2D eigenvalue weighted by atomic mass is 16.6. The van der Waals surface area contributed by atoms with Crippen LogP contribution < -0.4 is 0 Å². The summed E-state index contributed by atoms with van der Waals surface area (Å²) in [5, 5.41) is 10.9. The molecule has 7 nitrogen and oxygen atoms in total. The number of carbonyl (C=O) groups excluding carboxylic acids is 3. The molecule has 0 bridgehead atoms. The summed E-state index contributed by atoms with van der Waals surface area (Å²) in [5.74, 6) is -1.73. The molecule has 2 rings (SSSR count). The lowest BCUT2D eigenvalue weighted by atomic mass is 10.1. The Kier molecular flexibility index (Phi) is 3.35. The Morgan fingerprint density at radius 1 is 1.35 bits per heavy atom. The molecule has 1 aromatic rings. The van der Waals surface area contributed by atoms with Gasteiger partial charge in [-0.2, -0.15) is 0 Å². The van der Waals surface area contributed by atoms with E-state index < -0.39 is 28.5 Å². The molecular formula is C13H12N2O5. The number of benzene rings is 1. The fraction of sp³-hybridized carbons (Fsp3) is 0.308. The first-order chi connectivity index (χ1) is 9.40. The van der Waals surface area contributed by atoms with E-state index in [9.17, 15) is 24.5 Å². The smallest absolute Gasteiger partial charge is 0.282 e. The summed E-state index contributed by atoms with van der Waals surface area (Å²) in [6.45, 7) is 3.07. The Hall–Kier alpha value is -2.57. The number of Topliss-reactive ketones (excluding diaryl/α,β-unsaturated/α-hetero) is 1. The maximum atomic E-state index is 12.2. The molecule has 0 spiro atoms. The van der Waals surface area contributed by atoms with Crippen molar-refractivity contribution < 1.29 is 19.3 Å². The monoisotopic (exact) mass is 276 g/mol. The van der Waals surface area contributed by atoms with E-state index in [1.54, 1.807) is 6.92 Å². The number of rotatable bonds is 4. The average Bonchev–Trinajstić information content (AvgIpc) is 2.69. The van der Waals surface area contributed by atoms with E-state index >= 15 is 0 Å². The van der Waals surface area contributed by atoms with Gasteiger partial charge in [-0.25, -0.2) is 0 Å². The highest BCUT2D eigenvalue weighted by Gasteiger charge is 2.44. The second kappa shape index (κ2) is 4.84. The number of nitrogens with zero attached hydrogens (tertiary/aromatic N) is 2. The lowest BCUT2D eigenvalue weighted by Gasteiger charge is -2.20. The first kappa shape index (κ1) is 13.9. The first-order valence-corrected chi connectivity index (χ1v) is 6.08. The molecule has 0 saturated carbocycles. The lowest BCUT2D eigenvalue weighted by Crippen LogP contribution is -2.42. The predicted molar refractivity (Wildman–Crippen MR) is 68.4 cm³/mol. The second-order valence-electron chi connectivity index (χ2n) is 4.43. The zero-order chi connectivity index (χ0) is 15.0. The average molecular weight is 276 g/mol. The van der Waals surface area contributed by atoms with Gasteiger partial charge < -0.3 is 0 Å². The van der Waals surface area contributed by atoms with Gasteiger partial charge in [0.15, 0.2) is 5.78 Å². The third-order valence-corrected chi connectivity index (χ3v) is 3.32. The van der Waals surface area contributed by atoms with Gasteiger partial charge in [0.2, 0.25) is 0 Å². The summed E-state index contributed by atoms with van der Waals surface area (Å²) in [7, 11) is 0. The number of fused-ring (bicyclic) bond motifs is 1. The normalized spacial score (nSPS) is 15.2. The van der Waals surface area contributed by atoms with E-state index in [-0.39, 0.29) is 23.3 Å². The molecule has 0 fully saturated rings. The fourth-order valence-corrected chi connectivity index (χ4v) is 2.23. The minimum atomic E-state index is -0.924. The van der Waals surface area contributed by atoms with Crippen LogP contribution in [0.5, 0.6) is 0 Å². The largest absolute Gasteiger partial charge is 0.297 e. The number of amides is 2. The second-order valence-corrected chi connectivity index (χ2v) is 4.43. The molecule has 0 saturated heterocycles. The zero-order valence-electron chi connectivity index (χ0n) is 11.0. The Balaban J connectivity index is 2.53. The van der Waals surface area contributed by atoms with Crippen molar-refractivity contribution in [3.8, 4) is 0 Å². The fourth-order valence-electron chi connectivity index (χ4n) is 2.23. The van der Waals surface area contributed by atoms with Crippen LogP contribution in [0.2, 0.25) is 0 Å². The number of hydrogen-bond donors (Lipinski definition) is 0. The standard InChI is InChI=1S/C13H12N2O5/c1-3-10(16)7(2)14-12(17)8-5-4-6-9(15(19)20)11(8)13(14)18/h4-7H,3H2,1-2H3. The van der Waals surface area contributed by atoms with Crippen molar-refractivity contribution in [2.75, 3.05) is 0 Å². The van der Waals surface area contributed by atoms with Gasteiger partial charge in [-0.05, 0) is 13.0 Å². The van der Waals surface area contributed by atoms with E-state index in [0.29, 0.717) is 0 Å². The Morgan fingerprint density at radius 2 is 2.00 bits per heavy atom. The van der Waals surface area contributed by atoms with E-state index in [1.165, 1.54) is 25.1 Å². The van der Waals surface area contributed by atoms with Crippen LogP contribution in [0.3, 0.4) is 0 Å². The molecule has 1 unspecified atom stereocenters. The predicted octanol–water partition coefficient (Wildman–Crippen LogP) is 1.56. The number of nitro groups is 1. The number of carbonyl (C=O) groups is 3. The van der Waals surface area contributed by atoms with Gasteiger partial charge >= 0.3 is 0 Å². The van der Waals surface area contributed by atoms with Crippen molar-refractivity contribution in [3.05, 3.63) is 39.4 Å². The maximum Gasteiger partial charge on any atom is 0.282 e. The number of ketones is 1. The summed E-state index contributed by atoms with van der Waals surface area (Å²) in [6, 6.07) is 2.94. The maximum absolute atomic E-state index is 12.2. The molecule has 1 atom stereocenters. The van der Waals surface area contributed by atoms with Crippen molar-refractivity contribution >= 4 is 23.3 Å². The summed E-state index contributed by atoms with van der Waals surface area (Å²) in [5.41, 5.74) is -0.683.